The van der Waals surface area contributed by atoms with Crippen molar-refractivity contribution in [1.29, 1.82) is 0 Å². The van der Waals surface area contributed by atoms with Gasteiger partial charge >= 0.3 is 0 Å². The minimum atomic E-state index is -0.970. The number of hydrogen-bond donors (Lipinski definition) is 2. The minimum Gasteiger partial charge on any atom is -0.376 e. The summed E-state index contributed by atoms with van der Waals surface area (Å²) in [5.74, 6) is 0.542. The number of rotatable bonds is 4. The van der Waals surface area contributed by atoms with E-state index in [9.17, 15) is 14.7 Å². The zero-order valence-electron chi connectivity index (χ0n) is 23.2. The SMILES string of the molecule is CC(=O)c1cn2c3c(cc(-c4cnc(C)nc4)cc13)CCCCCCCCO[C@@H]1CCN(C(=O)C2)[C@@H]1[C@H](O)NBr. The van der Waals surface area contributed by atoms with Crippen molar-refractivity contribution < 1.29 is 19.4 Å². The fourth-order valence-electron chi connectivity index (χ4n) is 6.13. The predicted octanol–water partition coefficient (Wildman–Crippen LogP) is 4.71. The normalized spacial score (nSPS) is 21.9. The molecule has 0 unspecified atom stereocenters. The van der Waals surface area contributed by atoms with Crippen molar-refractivity contribution in [3.63, 3.8) is 0 Å². The Balaban J connectivity index is 1.59. The van der Waals surface area contributed by atoms with Crippen molar-refractivity contribution in [2.75, 3.05) is 13.2 Å². The number of ketones is 1. The Morgan fingerprint density at radius 1 is 1.12 bits per heavy atom. The van der Waals surface area contributed by atoms with Gasteiger partial charge in [0.15, 0.2) is 5.78 Å². The van der Waals surface area contributed by atoms with E-state index in [2.05, 4.69) is 36.5 Å². The Labute approximate surface area is 243 Å². The molecule has 214 valence electrons. The molecule has 10 heteroatoms. The first kappa shape index (κ1) is 28.9. The monoisotopic (exact) mass is 611 g/mol. The van der Waals surface area contributed by atoms with E-state index in [1.54, 1.807) is 11.8 Å². The van der Waals surface area contributed by atoms with E-state index in [-0.39, 0.29) is 24.3 Å². The van der Waals surface area contributed by atoms with Gasteiger partial charge in [-0.05, 0) is 62.8 Å². The highest BCUT2D eigenvalue weighted by atomic mass is 79.9. The van der Waals surface area contributed by atoms with Crippen LogP contribution >= 0.6 is 16.1 Å². The van der Waals surface area contributed by atoms with E-state index >= 15 is 0 Å². The zero-order valence-corrected chi connectivity index (χ0v) is 24.8. The van der Waals surface area contributed by atoms with Crippen LogP contribution in [0.5, 0.6) is 0 Å². The van der Waals surface area contributed by atoms with Crippen molar-refractivity contribution in [3.05, 3.63) is 47.7 Å². The molecule has 5 rings (SSSR count). The van der Waals surface area contributed by atoms with E-state index in [0.717, 1.165) is 72.5 Å². The number of aryl methyl sites for hydroxylation is 2. The van der Waals surface area contributed by atoms with Crippen LogP contribution in [0.2, 0.25) is 0 Å². The zero-order chi connectivity index (χ0) is 28.2. The van der Waals surface area contributed by atoms with Crippen molar-refractivity contribution in [2.45, 2.75) is 90.1 Å². The Kier molecular flexibility index (Phi) is 9.30. The lowest BCUT2D eigenvalue weighted by atomic mass is 9.96. The summed E-state index contributed by atoms with van der Waals surface area (Å²) in [5.41, 5.74) is 4.48. The van der Waals surface area contributed by atoms with E-state index in [1.165, 1.54) is 0 Å². The third-order valence-electron chi connectivity index (χ3n) is 8.17. The first-order chi connectivity index (χ1) is 19.4. The van der Waals surface area contributed by atoms with Gasteiger partial charge in [-0.2, -0.15) is 0 Å². The number of carbonyl (C=O) groups excluding carboxylic acids is 2. The Morgan fingerprint density at radius 2 is 1.85 bits per heavy atom. The topological polar surface area (TPSA) is 110 Å². The lowest BCUT2D eigenvalue weighted by Crippen LogP contribution is -2.52. The standard InChI is InChI=1S/C30H38BrN5O4/c1-19(37)25-17-35-18-27(38)36-11-10-26(29(36)30(39)34-31)40-12-8-6-4-3-5-7-9-21-13-22(14-24(25)28(21)35)23-15-32-20(2)33-16-23/h13-17,26,29-30,34,39H,3-12,18H2,1-2H3/t26-,29+,30+/m1/s1. The van der Waals surface area contributed by atoms with E-state index in [0.29, 0.717) is 31.0 Å². The van der Waals surface area contributed by atoms with Crippen LogP contribution in [0.4, 0.5) is 0 Å². The fraction of sp³-hybridized carbons (Fsp3) is 0.533. The largest absolute Gasteiger partial charge is 0.376 e. The number of aromatic nitrogens is 3. The highest BCUT2D eigenvalue weighted by Crippen LogP contribution is 2.33. The Morgan fingerprint density at radius 3 is 2.58 bits per heavy atom. The van der Waals surface area contributed by atoms with Gasteiger partial charge in [-0.3, -0.25) is 9.59 Å². The van der Waals surface area contributed by atoms with Gasteiger partial charge in [-0.15, -0.1) is 0 Å². The number of ether oxygens (including phenoxy) is 1. The van der Waals surface area contributed by atoms with Crippen LogP contribution in [0, 0.1) is 6.92 Å². The molecule has 3 aromatic rings. The summed E-state index contributed by atoms with van der Waals surface area (Å²) < 4.78 is 10.8. The van der Waals surface area contributed by atoms with Gasteiger partial charge < -0.3 is 19.3 Å². The van der Waals surface area contributed by atoms with Crippen LogP contribution in [0.15, 0.2) is 30.7 Å². The lowest BCUT2D eigenvalue weighted by Gasteiger charge is -2.31. The molecule has 4 heterocycles. The van der Waals surface area contributed by atoms with Gasteiger partial charge in [0.1, 0.15) is 18.6 Å². The van der Waals surface area contributed by atoms with Gasteiger partial charge in [-0.25, -0.2) is 14.3 Å². The second-order valence-corrected chi connectivity index (χ2v) is 11.4. The summed E-state index contributed by atoms with van der Waals surface area (Å²) >= 11 is 3.16. The highest BCUT2D eigenvalue weighted by Gasteiger charge is 2.42. The predicted molar refractivity (Wildman–Crippen MR) is 157 cm³/mol. The molecule has 40 heavy (non-hydrogen) atoms. The molecule has 2 N–H and O–H groups in total. The molecule has 0 aliphatic carbocycles. The summed E-state index contributed by atoms with van der Waals surface area (Å²) in [6.45, 7) is 4.62. The van der Waals surface area contributed by atoms with Crippen molar-refractivity contribution in [1.82, 2.24) is 23.8 Å². The van der Waals surface area contributed by atoms with E-state index in [4.69, 9.17) is 4.74 Å². The molecule has 2 aliphatic heterocycles. The molecule has 0 saturated carbocycles. The number of benzene rings is 1. The fourth-order valence-corrected chi connectivity index (χ4v) is 6.40. The third kappa shape index (κ3) is 6.15. The summed E-state index contributed by atoms with van der Waals surface area (Å²) in [5, 5.41) is 11.6. The molecular weight excluding hydrogens is 574 g/mol. The van der Waals surface area contributed by atoms with Crippen LogP contribution < -0.4 is 4.34 Å². The molecule has 3 atom stereocenters. The molecule has 1 aromatic carbocycles. The molecule has 0 radical (unpaired) electrons. The van der Waals surface area contributed by atoms with E-state index < -0.39 is 12.3 Å². The van der Waals surface area contributed by atoms with Crippen LogP contribution in [-0.4, -0.2) is 67.8 Å². The molecule has 1 fully saturated rings. The number of hydrogen-bond acceptors (Lipinski definition) is 7. The number of fused-ring (bicyclic) bond motifs is 2. The maximum absolute atomic E-state index is 13.8. The van der Waals surface area contributed by atoms with Gasteiger partial charge in [0, 0.05) is 64.4 Å². The molecule has 0 spiro atoms. The van der Waals surface area contributed by atoms with E-state index in [1.807, 2.05) is 36.1 Å². The Bertz CT molecular complexity index is 1360. The summed E-state index contributed by atoms with van der Waals surface area (Å²) in [6.07, 6.45) is 12.2. The number of amides is 1. The Hall–Kier alpha value is -2.66. The second kappa shape index (κ2) is 12.9. The first-order valence-electron chi connectivity index (χ1n) is 14.3. The molecule has 1 saturated heterocycles. The van der Waals surface area contributed by atoms with Gasteiger partial charge in [0.05, 0.1) is 17.7 Å². The maximum atomic E-state index is 13.8. The van der Waals surface area contributed by atoms with Crippen molar-refractivity contribution >= 4 is 38.7 Å². The number of halogens is 1. The average molecular weight is 613 g/mol. The van der Waals surface area contributed by atoms with Crippen LogP contribution in [0.25, 0.3) is 22.0 Å². The number of aliphatic hydroxyl groups is 1. The van der Waals surface area contributed by atoms with Gasteiger partial charge in [0.2, 0.25) is 5.91 Å². The minimum absolute atomic E-state index is 0.0481. The molecule has 2 aromatic heterocycles. The van der Waals surface area contributed by atoms with Crippen LogP contribution in [0.1, 0.15) is 73.6 Å². The van der Waals surface area contributed by atoms with Crippen LogP contribution in [0.3, 0.4) is 0 Å². The van der Waals surface area contributed by atoms with Gasteiger partial charge in [0.25, 0.3) is 0 Å². The lowest BCUT2D eigenvalue weighted by molar-refractivity contribution is -0.137. The average Bonchev–Trinajstić information content (AvgIpc) is 3.53. The van der Waals surface area contributed by atoms with Crippen molar-refractivity contribution in [3.8, 4) is 11.1 Å². The smallest absolute Gasteiger partial charge is 0.242 e. The first-order valence-corrected chi connectivity index (χ1v) is 15.1. The summed E-state index contributed by atoms with van der Waals surface area (Å²) in [7, 11) is 0. The van der Waals surface area contributed by atoms with Gasteiger partial charge in [-0.1, -0.05) is 25.7 Å². The number of nitrogens with one attached hydrogen (secondary N) is 1. The van der Waals surface area contributed by atoms with Crippen LogP contribution in [-0.2, 0) is 22.5 Å². The summed E-state index contributed by atoms with van der Waals surface area (Å²) in [6, 6.07) is 3.68. The quantitative estimate of drug-likeness (QED) is 0.250. The molecular formula is C30H38BrN5O4. The van der Waals surface area contributed by atoms with Crippen molar-refractivity contribution in [2.24, 2.45) is 0 Å². The third-order valence-corrected chi connectivity index (χ3v) is 8.64. The maximum Gasteiger partial charge on any atom is 0.242 e. The molecule has 2 aliphatic rings. The summed E-state index contributed by atoms with van der Waals surface area (Å²) in [4.78, 5) is 37.1. The number of nitrogens with zero attached hydrogens (tertiary/aromatic N) is 4. The second-order valence-electron chi connectivity index (χ2n) is 11.0. The highest BCUT2D eigenvalue weighted by molar-refractivity contribution is 9.08. The molecule has 2 bridgehead atoms. The molecule has 1 amide bonds. The number of aliphatic hydroxyl groups excluding tert-OH is 1. The number of carbonyl (C=O) groups is 2. The number of Topliss-reactive ketones (excluding diaryl/α,β-unsaturated/α-hetero) is 1. The molecule has 9 nitrogen and oxygen atoms in total.